The highest BCUT2D eigenvalue weighted by atomic mass is 32.2. The molecule has 0 aromatic heterocycles. The minimum atomic E-state index is -0.0856. The molecule has 1 aromatic carbocycles. The molecule has 1 saturated heterocycles. The molecule has 0 radical (unpaired) electrons. The van der Waals surface area contributed by atoms with Gasteiger partial charge in [0.2, 0.25) is 5.91 Å². The Morgan fingerprint density at radius 2 is 2.05 bits per heavy atom. The molecule has 104 valence electrons. The molecule has 0 saturated carbocycles. The van der Waals surface area contributed by atoms with Gasteiger partial charge in [0, 0.05) is 24.2 Å². The number of hydrogen-bond donors (Lipinski definition) is 2. The number of nitrogens with one attached hydrogen (secondary N) is 2. The molecule has 0 spiro atoms. The number of ether oxygens (including phenoxy) is 2. The molecule has 19 heavy (non-hydrogen) atoms. The summed E-state index contributed by atoms with van der Waals surface area (Å²) in [5.74, 6) is 3.14. The number of carbonyl (C=O) groups excluding carboxylic acids is 1. The summed E-state index contributed by atoms with van der Waals surface area (Å²) in [4.78, 5) is 11.9. The van der Waals surface area contributed by atoms with E-state index in [0.717, 1.165) is 28.7 Å². The fraction of sp³-hybridized carbons (Fsp3) is 0.462. The molecule has 0 aliphatic carbocycles. The lowest BCUT2D eigenvalue weighted by Gasteiger charge is -2.12. The molecule has 2 N–H and O–H groups in total. The van der Waals surface area contributed by atoms with Crippen LogP contribution in [0.5, 0.6) is 11.5 Å². The van der Waals surface area contributed by atoms with Crippen molar-refractivity contribution < 1.29 is 14.3 Å². The van der Waals surface area contributed by atoms with Gasteiger partial charge in [-0.25, -0.2) is 0 Å². The van der Waals surface area contributed by atoms with Crippen molar-refractivity contribution in [2.45, 2.75) is 12.6 Å². The second kappa shape index (κ2) is 6.68. The quantitative estimate of drug-likeness (QED) is 0.843. The Labute approximate surface area is 117 Å². The number of hydrogen-bond acceptors (Lipinski definition) is 5. The topological polar surface area (TPSA) is 59.6 Å². The third-order valence-electron chi connectivity index (χ3n) is 2.91. The summed E-state index contributed by atoms with van der Waals surface area (Å²) in [6.07, 6.45) is 0. The van der Waals surface area contributed by atoms with Gasteiger partial charge in [-0.1, -0.05) is 0 Å². The van der Waals surface area contributed by atoms with Crippen molar-refractivity contribution >= 4 is 17.7 Å². The van der Waals surface area contributed by atoms with Crippen molar-refractivity contribution in [1.82, 2.24) is 10.6 Å². The molecule has 1 aliphatic heterocycles. The molecular weight excluding hydrogens is 264 g/mol. The maximum Gasteiger partial charge on any atom is 0.238 e. The van der Waals surface area contributed by atoms with Gasteiger partial charge in [-0.15, -0.1) is 11.8 Å². The van der Waals surface area contributed by atoms with Gasteiger partial charge in [0.25, 0.3) is 0 Å². The average Bonchev–Trinajstić information content (AvgIpc) is 2.98. The van der Waals surface area contributed by atoms with E-state index in [1.165, 1.54) is 0 Å². The Hall–Kier alpha value is -1.40. The van der Waals surface area contributed by atoms with E-state index >= 15 is 0 Å². The van der Waals surface area contributed by atoms with Gasteiger partial charge in [0.1, 0.15) is 11.5 Å². The Kier molecular flexibility index (Phi) is 4.93. The van der Waals surface area contributed by atoms with E-state index in [2.05, 4.69) is 10.6 Å². The normalized spacial score (nSPS) is 18.1. The van der Waals surface area contributed by atoms with Gasteiger partial charge >= 0.3 is 0 Å². The highest BCUT2D eigenvalue weighted by Gasteiger charge is 2.21. The lowest BCUT2D eigenvalue weighted by atomic mass is 10.2. The lowest BCUT2D eigenvalue weighted by molar-refractivity contribution is -0.122. The second-order valence-corrected chi connectivity index (χ2v) is 5.24. The van der Waals surface area contributed by atoms with Crippen LogP contribution in [-0.4, -0.2) is 37.8 Å². The molecule has 1 heterocycles. The van der Waals surface area contributed by atoms with Crippen LogP contribution in [0.1, 0.15) is 5.56 Å². The number of thioether (sulfide) groups is 1. The van der Waals surface area contributed by atoms with Crippen molar-refractivity contribution in [3.63, 3.8) is 0 Å². The molecule has 1 unspecified atom stereocenters. The molecule has 1 aromatic rings. The minimum absolute atomic E-state index is 0.0341. The van der Waals surface area contributed by atoms with Gasteiger partial charge in [0.05, 0.1) is 20.3 Å². The molecule has 1 amide bonds. The first-order chi connectivity index (χ1) is 9.22. The molecule has 1 aliphatic rings. The SMILES string of the molecule is COc1cc(CNC(=O)C2CSCN2)cc(OC)c1. The Bertz CT molecular complexity index is 425. The summed E-state index contributed by atoms with van der Waals surface area (Å²) >= 11 is 1.73. The zero-order valence-electron chi connectivity index (χ0n) is 11.1. The van der Waals surface area contributed by atoms with E-state index in [1.54, 1.807) is 32.0 Å². The summed E-state index contributed by atoms with van der Waals surface area (Å²) in [7, 11) is 3.22. The average molecular weight is 282 g/mol. The third-order valence-corrected chi connectivity index (χ3v) is 3.85. The van der Waals surface area contributed by atoms with Crippen LogP contribution in [0.25, 0.3) is 0 Å². The molecule has 0 bridgehead atoms. The maximum atomic E-state index is 11.9. The van der Waals surface area contributed by atoms with Gasteiger partial charge in [0.15, 0.2) is 0 Å². The predicted octanol–water partition coefficient (Wildman–Crippen LogP) is 0.982. The highest BCUT2D eigenvalue weighted by Crippen LogP contribution is 2.22. The number of methoxy groups -OCH3 is 2. The first-order valence-corrected chi connectivity index (χ1v) is 7.19. The fourth-order valence-corrected chi connectivity index (χ4v) is 2.79. The first-order valence-electron chi connectivity index (χ1n) is 6.03. The van der Waals surface area contributed by atoms with Crippen LogP contribution >= 0.6 is 11.8 Å². The summed E-state index contributed by atoms with van der Waals surface area (Å²) in [5, 5.41) is 6.06. The van der Waals surface area contributed by atoms with Crippen LogP contribution in [0.4, 0.5) is 0 Å². The van der Waals surface area contributed by atoms with Crippen LogP contribution < -0.4 is 20.1 Å². The van der Waals surface area contributed by atoms with Crippen molar-refractivity contribution in [3.8, 4) is 11.5 Å². The van der Waals surface area contributed by atoms with Gasteiger partial charge < -0.3 is 14.8 Å². The van der Waals surface area contributed by atoms with E-state index < -0.39 is 0 Å². The largest absolute Gasteiger partial charge is 0.497 e. The number of benzene rings is 1. The Morgan fingerprint density at radius 1 is 1.37 bits per heavy atom. The molecule has 2 rings (SSSR count). The van der Waals surface area contributed by atoms with Crippen LogP contribution in [0.15, 0.2) is 18.2 Å². The van der Waals surface area contributed by atoms with Gasteiger partial charge in [-0.2, -0.15) is 0 Å². The summed E-state index contributed by atoms with van der Waals surface area (Å²) in [6.45, 7) is 0.467. The van der Waals surface area contributed by atoms with E-state index in [0.29, 0.717) is 6.54 Å². The maximum absolute atomic E-state index is 11.9. The summed E-state index contributed by atoms with van der Waals surface area (Å²) < 4.78 is 10.4. The van der Waals surface area contributed by atoms with E-state index in [4.69, 9.17) is 9.47 Å². The Morgan fingerprint density at radius 3 is 2.58 bits per heavy atom. The smallest absolute Gasteiger partial charge is 0.238 e. The number of rotatable bonds is 5. The Balaban J connectivity index is 1.96. The van der Waals surface area contributed by atoms with Crippen molar-refractivity contribution in [2.24, 2.45) is 0 Å². The van der Waals surface area contributed by atoms with Crippen molar-refractivity contribution in [3.05, 3.63) is 23.8 Å². The second-order valence-electron chi connectivity index (χ2n) is 4.21. The zero-order chi connectivity index (χ0) is 13.7. The minimum Gasteiger partial charge on any atom is -0.497 e. The van der Waals surface area contributed by atoms with Gasteiger partial charge in [-0.05, 0) is 17.7 Å². The van der Waals surface area contributed by atoms with Crippen molar-refractivity contribution in [1.29, 1.82) is 0 Å². The number of amides is 1. The van der Waals surface area contributed by atoms with E-state index in [9.17, 15) is 4.79 Å². The fourth-order valence-electron chi connectivity index (χ4n) is 1.84. The summed E-state index contributed by atoms with van der Waals surface area (Å²) in [5.41, 5.74) is 0.954. The summed E-state index contributed by atoms with van der Waals surface area (Å²) in [6, 6.07) is 5.50. The standard InChI is InChI=1S/C13H18N2O3S/c1-17-10-3-9(4-11(5-10)18-2)6-14-13(16)12-7-19-8-15-12/h3-5,12,15H,6-8H2,1-2H3,(H,14,16). The van der Waals surface area contributed by atoms with E-state index in [1.807, 2.05) is 12.1 Å². The number of carbonyl (C=O) groups is 1. The van der Waals surface area contributed by atoms with Crippen LogP contribution in [0.3, 0.4) is 0 Å². The predicted molar refractivity (Wildman–Crippen MR) is 75.6 cm³/mol. The molecule has 5 nitrogen and oxygen atoms in total. The van der Waals surface area contributed by atoms with Crippen LogP contribution in [0, 0.1) is 0 Å². The van der Waals surface area contributed by atoms with E-state index in [-0.39, 0.29) is 11.9 Å². The molecule has 1 fully saturated rings. The lowest BCUT2D eigenvalue weighted by Crippen LogP contribution is -2.41. The van der Waals surface area contributed by atoms with Crippen molar-refractivity contribution in [2.75, 3.05) is 25.8 Å². The molecular formula is C13H18N2O3S. The zero-order valence-corrected chi connectivity index (χ0v) is 11.9. The van der Waals surface area contributed by atoms with Crippen LogP contribution in [-0.2, 0) is 11.3 Å². The monoisotopic (exact) mass is 282 g/mol. The van der Waals surface area contributed by atoms with Gasteiger partial charge in [-0.3, -0.25) is 10.1 Å². The highest BCUT2D eigenvalue weighted by molar-refractivity contribution is 7.99. The third kappa shape index (κ3) is 3.78. The molecule has 6 heteroatoms. The first kappa shape index (κ1) is 14.0. The molecule has 1 atom stereocenters. The van der Waals surface area contributed by atoms with Crippen LogP contribution in [0.2, 0.25) is 0 Å².